The molecule has 13 heteroatoms. The van der Waals surface area contributed by atoms with E-state index in [2.05, 4.69) is 13.5 Å². The van der Waals surface area contributed by atoms with Crippen LogP contribution in [0.5, 0.6) is 0 Å². The summed E-state index contributed by atoms with van der Waals surface area (Å²) in [5, 5.41) is 0.542. The van der Waals surface area contributed by atoms with Gasteiger partial charge in [0.1, 0.15) is 10.5 Å². The first-order chi connectivity index (χ1) is 12.6. The van der Waals surface area contributed by atoms with E-state index in [0.717, 1.165) is 23.3 Å². The average molecular weight is 514 g/mol. The molecule has 158 valence electrons. The second-order valence-corrected chi connectivity index (χ2v) is 20.0. The summed E-state index contributed by atoms with van der Waals surface area (Å²) in [5.41, 5.74) is 0. The lowest BCUT2D eigenvalue weighted by atomic mass is 10.1. The molecule has 0 bridgehead atoms. The Morgan fingerprint density at radius 3 is 1.88 bits per heavy atom. The highest BCUT2D eigenvalue weighted by Crippen LogP contribution is 2.16. The molecule has 0 saturated heterocycles. The zero-order valence-corrected chi connectivity index (χ0v) is 27.0. The molecule has 0 aliphatic carbocycles. The van der Waals surface area contributed by atoms with Crippen molar-refractivity contribution in [1.82, 2.24) is 0 Å². The summed E-state index contributed by atoms with van der Waals surface area (Å²) in [6.07, 6.45) is 11.3. The van der Waals surface area contributed by atoms with Gasteiger partial charge in [0.2, 0.25) is 0 Å². The zero-order valence-electron chi connectivity index (χ0n) is 16.7. The molecule has 0 aromatic carbocycles. The van der Waals surface area contributed by atoms with Gasteiger partial charge in [0, 0.05) is 10.4 Å². The van der Waals surface area contributed by atoms with E-state index in [1.54, 1.807) is 0 Å². The monoisotopic (exact) mass is 512 g/mol. The van der Waals surface area contributed by atoms with Crippen molar-refractivity contribution in [2.75, 3.05) is 0 Å². The number of alkyl halides is 2. The van der Waals surface area contributed by atoms with E-state index in [9.17, 15) is 0 Å². The molecular weight excluding hydrogens is 476 g/mol. The van der Waals surface area contributed by atoms with Crippen molar-refractivity contribution >= 4 is 82.8 Å². The third-order valence-corrected chi connectivity index (χ3v) is 14.5. The van der Waals surface area contributed by atoms with Crippen LogP contribution < -0.4 is 0 Å². The standard InChI is InChI=1S/C13H38Cl2O5Si6/c1-12(14)10-8-6-4-3-5-7-9-11-13(15)26(2)20-25-19-24-18-23-17-22-16-21/h12-13,26H,3-11,22-25H2,1-2,21H3. The van der Waals surface area contributed by atoms with Crippen molar-refractivity contribution in [1.29, 1.82) is 0 Å². The van der Waals surface area contributed by atoms with E-state index in [1.807, 2.05) is 0 Å². The van der Waals surface area contributed by atoms with E-state index < -0.39 is 49.1 Å². The van der Waals surface area contributed by atoms with Gasteiger partial charge in [-0.1, -0.05) is 44.9 Å². The molecule has 0 fully saturated rings. The molecule has 3 unspecified atom stereocenters. The lowest BCUT2D eigenvalue weighted by Crippen LogP contribution is -2.30. The van der Waals surface area contributed by atoms with Crippen LogP contribution in [-0.4, -0.2) is 69.9 Å². The lowest BCUT2D eigenvalue weighted by molar-refractivity contribution is 0.387. The van der Waals surface area contributed by atoms with Crippen molar-refractivity contribution in [3.8, 4) is 0 Å². The first-order valence-electron chi connectivity index (χ1n) is 9.69. The van der Waals surface area contributed by atoms with Crippen LogP contribution in [0.4, 0.5) is 0 Å². The summed E-state index contributed by atoms with van der Waals surface area (Å²) < 4.78 is 27.3. The normalized spacial score (nSPS) is 17.1. The molecule has 0 saturated carbocycles. The third kappa shape index (κ3) is 20.4. The summed E-state index contributed by atoms with van der Waals surface area (Å²) in [4.78, 5) is 0. The molecule has 0 aliphatic rings. The smallest absolute Gasteiger partial charge is 0.286 e. The fourth-order valence-electron chi connectivity index (χ4n) is 2.45. The Kier molecular flexibility index (Phi) is 22.8. The van der Waals surface area contributed by atoms with Gasteiger partial charge in [-0.15, -0.1) is 23.2 Å². The Morgan fingerprint density at radius 1 is 0.808 bits per heavy atom. The second kappa shape index (κ2) is 21.4. The minimum absolute atomic E-state index is 0.216. The molecule has 26 heavy (non-hydrogen) atoms. The lowest BCUT2D eigenvalue weighted by Gasteiger charge is -2.17. The number of halogens is 2. The van der Waals surface area contributed by atoms with Crippen LogP contribution in [-0.2, 0) is 20.6 Å². The van der Waals surface area contributed by atoms with Crippen molar-refractivity contribution in [2.24, 2.45) is 0 Å². The van der Waals surface area contributed by atoms with Crippen molar-refractivity contribution in [3.05, 3.63) is 0 Å². The van der Waals surface area contributed by atoms with E-state index in [4.69, 9.17) is 43.8 Å². The van der Waals surface area contributed by atoms with Gasteiger partial charge >= 0.3 is 0 Å². The van der Waals surface area contributed by atoms with Crippen LogP contribution in [0.1, 0.15) is 64.7 Å². The topological polar surface area (TPSA) is 46.2 Å². The van der Waals surface area contributed by atoms with Crippen LogP contribution >= 0.6 is 23.2 Å². The highest BCUT2D eigenvalue weighted by molar-refractivity contribution is 6.67. The van der Waals surface area contributed by atoms with Gasteiger partial charge < -0.3 is 20.6 Å². The molecule has 0 aromatic heterocycles. The Labute approximate surface area is 184 Å². The van der Waals surface area contributed by atoms with E-state index in [1.165, 1.54) is 44.9 Å². The largest absolute Gasteiger partial charge is 0.449 e. The Balaban J connectivity index is 3.33. The van der Waals surface area contributed by atoms with Crippen molar-refractivity contribution < 1.29 is 20.6 Å². The Morgan fingerprint density at radius 2 is 1.31 bits per heavy atom. The molecular formula is C13H38Cl2O5Si6. The molecule has 0 aromatic rings. The molecule has 0 heterocycles. The van der Waals surface area contributed by atoms with Crippen LogP contribution in [0.15, 0.2) is 0 Å². The van der Waals surface area contributed by atoms with E-state index in [-0.39, 0.29) is 5.00 Å². The molecule has 0 radical (unpaired) electrons. The molecule has 3 atom stereocenters. The predicted octanol–water partition coefficient (Wildman–Crippen LogP) is -0.0166. The number of rotatable bonds is 20. The first kappa shape index (κ1) is 27.7. The van der Waals surface area contributed by atoms with Crippen molar-refractivity contribution in [3.63, 3.8) is 0 Å². The molecule has 0 spiro atoms. The highest BCUT2D eigenvalue weighted by Gasteiger charge is 2.16. The van der Waals surface area contributed by atoms with Gasteiger partial charge in [0.15, 0.2) is 9.04 Å². The van der Waals surface area contributed by atoms with E-state index >= 15 is 0 Å². The molecule has 5 nitrogen and oxygen atoms in total. The fourth-order valence-corrected chi connectivity index (χ4v) is 13.1. The first-order valence-corrected chi connectivity index (χ1v) is 18.3. The number of hydrogen-bond acceptors (Lipinski definition) is 5. The molecule has 0 N–H and O–H groups in total. The summed E-state index contributed by atoms with van der Waals surface area (Å²) in [6, 6.07) is 0. The molecule has 0 amide bonds. The van der Waals surface area contributed by atoms with Gasteiger partial charge in [-0.3, -0.25) is 0 Å². The second-order valence-electron chi connectivity index (χ2n) is 6.59. The van der Waals surface area contributed by atoms with Gasteiger partial charge in [-0.25, -0.2) is 0 Å². The Bertz CT molecular complexity index is 300. The van der Waals surface area contributed by atoms with E-state index in [0.29, 0.717) is 5.38 Å². The van der Waals surface area contributed by atoms with Gasteiger partial charge in [-0.2, -0.15) is 0 Å². The predicted molar refractivity (Wildman–Crippen MR) is 129 cm³/mol. The maximum atomic E-state index is 6.49. The fraction of sp³-hybridized carbons (Fsp3) is 1.00. The third-order valence-electron chi connectivity index (χ3n) is 4.04. The van der Waals surface area contributed by atoms with Crippen LogP contribution in [0, 0.1) is 0 Å². The highest BCUT2D eigenvalue weighted by atomic mass is 35.5. The maximum absolute atomic E-state index is 6.49. The number of unbranched alkanes of at least 4 members (excludes halogenated alkanes) is 6. The molecule has 0 aliphatic heterocycles. The molecule has 0 rings (SSSR count). The van der Waals surface area contributed by atoms with Crippen LogP contribution in [0.2, 0.25) is 6.55 Å². The van der Waals surface area contributed by atoms with Crippen LogP contribution in [0.3, 0.4) is 0 Å². The minimum Gasteiger partial charge on any atom is -0.449 e. The van der Waals surface area contributed by atoms with Gasteiger partial charge in [0.05, 0.1) is 0 Å². The zero-order chi connectivity index (χ0) is 19.5. The maximum Gasteiger partial charge on any atom is 0.286 e. The van der Waals surface area contributed by atoms with Crippen LogP contribution in [0.25, 0.3) is 0 Å². The SMILES string of the molecule is CC(Cl)CCCCCCCCCC(Cl)[SiH](C)O[SiH2]O[SiH2]O[SiH2]O[SiH2]O[SiH3]. The summed E-state index contributed by atoms with van der Waals surface area (Å²) in [6.45, 7) is 4.26. The van der Waals surface area contributed by atoms with Gasteiger partial charge in [-0.05, 0) is 26.3 Å². The van der Waals surface area contributed by atoms with Gasteiger partial charge in [0.25, 0.3) is 40.0 Å². The quantitative estimate of drug-likeness (QED) is 0.130. The summed E-state index contributed by atoms with van der Waals surface area (Å²) >= 11 is 12.4. The minimum atomic E-state index is -1.32. The average Bonchev–Trinajstić information content (AvgIpc) is 2.61. The Hall–Kier alpha value is 1.68. The van der Waals surface area contributed by atoms with Crippen molar-refractivity contribution in [2.45, 2.75) is 81.6 Å². The number of hydrogen-bond donors (Lipinski definition) is 0. The summed E-state index contributed by atoms with van der Waals surface area (Å²) in [7, 11) is -3.95. The summed E-state index contributed by atoms with van der Waals surface area (Å²) in [5.74, 6) is 0.